The summed E-state index contributed by atoms with van der Waals surface area (Å²) in [5, 5.41) is 11.0. The molecule has 0 radical (unpaired) electrons. The summed E-state index contributed by atoms with van der Waals surface area (Å²) in [5.41, 5.74) is 3.20. The van der Waals surface area contributed by atoms with Gasteiger partial charge in [0.05, 0.1) is 38.1 Å². The Labute approximate surface area is 215 Å². The largest absolute Gasteiger partial charge is 0.390 e. The number of benzene rings is 3. The lowest BCUT2D eigenvalue weighted by molar-refractivity contribution is -0.320. The molecule has 1 fully saturated rings. The molecule has 192 valence electrons. The Morgan fingerprint density at radius 2 is 1.08 bits per heavy atom. The lowest BCUT2D eigenvalue weighted by Gasteiger charge is -2.47. The van der Waals surface area contributed by atoms with Crippen molar-refractivity contribution in [3.63, 3.8) is 0 Å². The van der Waals surface area contributed by atoms with E-state index in [1.807, 2.05) is 105 Å². The van der Waals surface area contributed by atoms with Crippen LogP contribution in [-0.4, -0.2) is 35.8 Å². The van der Waals surface area contributed by atoms with Crippen LogP contribution in [0.2, 0.25) is 0 Å². The minimum atomic E-state index is -0.690. The second-order valence-electron chi connectivity index (χ2n) is 9.88. The van der Waals surface area contributed by atoms with Crippen LogP contribution in [0.25, 0.3) is 0 Å². The molecule has 0 saturated carbocycles. The van der Waals surface area contributed by atoms with Crippen LogP contribution in [0.15, 0.2) is 91.0 Å². The molecule has 1 heterocycles. The number of hydrogen-bond donors (Lipinski definition) is 1. The molecule has 0 aliphatic carbocycles. The molecule has 3 aromatic carbocycles. The first-order valence-electron chi connectivity index (χ1n) is 12.8. The molecule has 1 N–H and O–H groups in total. The standard InChI is InChI=1S/C31H38O5/c1-22(2)27(32)28-23(3)29(33-19-24-13-7-4-8-14-24)30(34-20-25-15-9-5-10-16-25)31(36-28)35-21-26-17-11-6-12-18-26/h4-18,22-23,27-32H,19-21H2,1-3H3/t23-,27+,28+,29+,30+,31+/m1/s1. The van der Waals surface area contributed by atoms with E-state index in [2.05, 4.69) is 6.92 Å². The predicted octanol–water partition coefficient (Wildman–Crippen LogP) is 5.75. The summed E-state index contributed by atoms with van der Waals surface area (Å²) in [7, 11) is 0. The molecule has 0 bridgehead atoms. The molecule has 0 aromatic heterocycles. The van der Waals surface area contributed by atoms with Crippen LogP contribution in [0.1, 0.15) is 37.5 Å². The molecule has 1 saturated heterocycles. The average Bonchev–Trinajstić information content (AvgIpc) is 2.92. The Balaban J connectivity index is 1.58. The third kappa shape index (κ3) is 7.02. The van der Waals surface area contributed by atoms with Gasteiger partial charge in [-0.2, -0.15) is 0 Å². The highest BCUT2D eigenvalue weighted by Crippen LogP contribution is 2.35. The second-order valence-corrected chi connectivity index (χ2v) is 9.88. The van der Waals surface area contributed by atoms with E-state index in [0.29, 0.717) is 19.8 Å². The summed E-state index contributed by atoms with van der Waals surface area (Å²) in [5.74, 6) is -0.0766. The van der Waals surface area contributed by atoms with Gasteiger partial charge in [-0.25, -0.2) is 0 Å². The highest BCUT2D eigenvalue weighted by molar-refractivity contribution is 5.15. The van der Waals surface area contributed by atoms with Gasteiger partial charge in [0, 0.05) is 5.92 Å². The van der Waals surface area contributed by atoms with E-state index in [0.717, 1.165) is 16.7 Å². The quantitative estimate of drug-likeness (QED) is 0.371. The average molecular weight is 491 g/mol. The zero-order chi connectivity index (χ0) is 25.3. The number of hydrogen-bond acceptors (Lipinski definition) is 5. The van der Waals surface area contributed by atoms with Gasteiger partial charge in [0.2, 0.25) is 0 Å². The maximum absolute atomic E-state index is 11.0. The van der Waals surface area contributed by atoms with Gasteiger partial charge in [0.25, 0.3) is 0 Å². The lowest BCUT2D eigenvalue weighted by atomic mass is 9.84. The number of rotatable bonds is 11. The highest BCUT2D eigenvalue weighted by Gasteiger charge is 2.48. The first-order chi connectivity index (χ1) is 17.5. The van der Waals surface area contributed by atoms with Crippen molar-refractivity contribution in [1.29, 1.82) is 0 Å². The number of aliphatic hydroxyl groups excluding tert-OH is 1. The van der Waals surface area contributed by atoms with Crippen molar-refractivity contribution in [2.24, 2.45) is 11.8 Å². The molecule has 5 nitrogen and oxygen atoms in total. The van der Waals surface area contributed by atoms with E-state index in [9.17, 15) is 5.11 Å². The van der Waals surface area contributed by atoms with Gasteiger partial charge in [0.15, 0.2) is 6.29 Å². The van der Waals surface area contributed by atoms with Gasteiger partial charge in [-0.1, -0.05) is 112 Å². The maximum Gasteiger partial charge on any atom is 0.187 e. The van der Waals surface area contributed by atoms with E-state index in [1.54, 1.807) is 0 Å². The molecule has 5 heteroatoms. The smallest absolute Gasteiger partial charge is 0.187 e. The predicted molar refractivity (Wildman–Crippen MR) is 140 cm³/mol. The summed E-state index contributed by atoms with van der Waals surface area (Å²) in [6.45, 7) is 7.29. The third-order valence-corrected chi connectivity index (χ3v) is 6.77. The zero-order valence-corrected chi connectivity index (χ0v) is 21.4. The van der Waals surface area contributed by atoms with Crippen molar-refractivity contribution in [3.8, 4) is 0 Å². The molecule has 3 aromatic rings. The van der Waals surface area contributed by atoms with Crippen molar-refractivity contribution in [2.75, 3.05) is 0 Å². The fourth-order valence-corrected chi connectivity index (χ4v) is 4.61. The summed E-state index contributed by atoms with van der Waals surface area (Å²) in [6.07, 6.45) is -2.58. The van der Waals surface area contributed by atoms with Gasteiger partial charge in [-0.15, -0.1) is 0 Å². The zero-order valence-electron chi connectivity index (χ0n) is 21.4. The number of aliphatic hydroxyl groups is 1. The minimum absolute atomic E-state index is 0.0313. The van der Waals surface area contributed by atoms with Crippen molar-refractivity contribution >= 4 is 0 Å². The van der Waals surface area contributed by atoms with Gasteiger partial charge in [-0.05, 0) is 22.6 Å². The van der Waals surface area contributed by atoms with Crippen LogP contribution in [0.5, 0.6) is 0 Å². The summed E-state index contributed by atoms with van der Waals surface area (Å²) < 4.78 is 25.8. The van der Waals surface area contributed by atoms with Gasteiger partial charge < -0.3 is 24.1 Å². The van der Waals surface area contributed by atoms with Crippen molar-refractivity contribution in [3.05, 3.63) is 108 Å². The molecular weight excluding hydrogens is 452 g/mol. The van der Waals surface area contributed by atoms with Crippen LogP contribution in [0, 0.1) is 11.8 Å². The van der Waals surface area contributed by atoms with E-state index >= 15 is 0 Å². The Bertz CT molecular complexity index is 1010. The first kappa shape index (κ1) is 26.5. The summed E-state index contributed by atoms with van der Waals surface area (Å²) in [6, 6.07) is 30.2. The van der Waals surface area contributed by atoms with E-state index < -0.39 is 24.6 Å². The first-order valence-corrected chi connectivity index (χ1v) is 12.8. The van der Waals surface area contributed by atoms with Crippen molar-refractivity contribution < 1.29 is 24.1 Å². The van der Waals surface area contributed by atoms with Crippen molar-refractivity contribution in [1.82, 2.24) is 0 Å². The number of ether oxygens (including phenoxy) is 4. The Morgan fingerprint density at radius 1 is 0.667 bits per heavy atom. The Morgan fingerprint density at radius 3 is 1.53 bits per heavy atom. The summed E-state index contributed by atoms with van der Waals surface area (Å²) >= 11 is 0. The van der Waals surface area contributed by atoms with Crippen molar-refractivity contribution in [2.45, 2.75) is 71.3 Å². The van der Waals surface area contributed by atoms with E-state index in [1.165, 1.54) is 0 Å². The molecule has 36 heavy (non-hydrogen) atoms. The maximum atomic E-state index is 11.0. The molecule has 6 atom stereocenters. The minimum Gasteiger partial charge on any atom is -0.390 e. The van der Waals surface area contributed by atoms with Crippen LogP contribution >= 0.6 is 0 Å². The van der Waals surface area contributed by atoms with Gasteiger partial charge in [-0.3, -0.25) is 0 Å². The molecule has 4 rings (SSSR count). The Kier molecular flexibility index (Phi) is 9.67. The SMILES string of the molecule is CC(C)[C@H](O)[C@H]1O[C@H](OCc2ccccc2)[C@@H](OCc2ccccc2)[C@@H](OCc2ccccc2)[C@@H]1C. The summed E-state index contributed by atoms with van der Waals surface area (Å²) in [4.78, 5) is 0. The molecule has 0 amide bonds. The van der Waals surface area contributed by atoms with E-state index in [-0.39, 0.29) is 17.9 Å². The van der Waals surface area contributed by atoms with Gasteiger partial charge in [0.1, 0.15) is 6.10 Å². The molecular formula is C31H38O5. The Hall–Kier alpha value is -2.54. The fourth-order valence-electron chi connectivity index (χ4n) is 4.61. The lowest BCUT2D eigenvalue weighted by Crippen LogP contribution is -2.59. The molecule has 0 unspecified atom stereocenters. The fraction of sp³-hybridized carbons (Fsp3) is 0.419. The monoisotopic (exact) mass is 490 g/mol. The topological polar surface area (TPSA) is 57.2 Å². The van der Waals surface area contributed by atoms with Crippen LogP contribution in [-0.2, 0) is 38.8 Å². The van der Waals surface area contributed by atoms with E-state index in [4.69, 9.17) is 18.9 Å². The molecule has 0 spiro atoms. The normalized spacial score (nSPS) is 25.1. The highest BCUT2D eigenvalue weighted by atomic mass is 16.7. The van der Waals surface area contributed by atoms with Crippen LogP contribution in [0.3, 0.4) is 0 Å². The van der Waals surface area contributed by atoms with Crippen LogP contribution < -0.4 is 0 Å². The molecule has 1 aliphatic rings. The van der Waals surface area contributed by atoms with Crippen LogP contribution in [0.4, 0.5) is 0 Å². The molecule has 1 aliphatic heterocycles. The third-order valence-electron chi connectivity index (χ3n) is 6.77. The van der Waals surface area contributed by atoms with Gasteiger partial charge >= 0.3 is 0 Å². The second kappa shape index (κ2) is 13.1.